The first-order chi connectivity index (χ1) is 13.0. The van der Waals surface area contributed by atoms with Crippen LogP contribution in [-0.4, -0.2) is 42.0 Å². The maximum absolute atomic E-state index is 13.4. The summed E-state index contributed by atoms with van der Waals surface area (Å²) in [5, 5.41) is 0.807. The normalized spacial score (nSPS) is 14.6. The Morgan fingerprint density at radius 3 is 2.59 bits per heavy atom. The number of pyridine rings is 1. The van der Waals surface area contributed by atoms with Gasteiger partial charge >= 0.3 is 0 Å². The highest BCUT2D eigenvalue weighted by molar-refractivity contribution is 6.33. The molecule has 3 aromatic rings. The van der Waals surface area contributed by atoms with Crippen molar-refractivity contribution in [2.45, 2.75) is 6.92 Å². The lowest BCUT2D eigenvalue weighted by atomic mass is 10.1. The van der Waals surface area contributed by atoms with E-state index < -0.39 is 0 Å². The van der Waals surface area contributed by atoms with Crippen molar-refractivity contribution in [3.63, 3.8) is 0 Å². The van der Waals surface area contributed by atoms with Gasteiger partial charge in [0.25, 0.3) is 5.91 Å². The molecule has 0 radical (unpaired) electrons. The van der Waals surface area contributed by atoms with E-state index in [1.165, 1.54) is 23.4 Å². The third kappa shape index (κ3) is 3.60. The molecule has 1 aliphatic rings. The van der Waals surface area contributed by atoms with Crippen LogP contribution in [-0.2, 0) is 0 Å². The number of aryl methyl sites for hydroxylation is 1. The van der Waals surface area contributed by atoms with E-state index in [1.807, 2.05) is 6.07 Å². The second kappa shape index (κ2) is 7.16. The van der Waals surface area contributed by atoms with Crippen LogP contribution >= 0.6 is 11.6 Å². The average molecular weight is 384 g/mol. The topological polar surface area (TPSA) is 36.4 Å². The Labute approximate surface area is 162 Å². The van der Waals surface area contributed by atoms with Crippen LogP contribution in [0.2, 0.25) is 5.15 Å². The number of benzene rings is 2. The molecule has 1 amide bonds. The van der Waals surface area contributed by atoms with Gasteiger partial charge in [0.2, 0.25) is 0 Å². The van der Waals surface area contributed by atoms with E-state index in [0.29, 0.717) is 29.6 Å². The van der Waals surface area contributed by atoms with Crippen LogP contribution in [0, 0.1) is 12.7 Å². The Balaban J connectivity index is 1.52. The van der Waals surface area contributed by atoms with Crippen molar-refractivity contribution in [2.24, 2.45) is 0 Å². The minimum absolute atomic E-state index is 0.110. The van der Waals surface area contributed by atoms with E-state index in [1.54, 1.807) is 17.0 Å². The number of hydrogen-bond donors (Lipinski definition) is 0. The molecule has 0 atom stereocenters. The van der Waals surface area contributed by atoms with Crippen LogP contribution in [0.15, 0.2) is 48.5 Å². The van der Waals surface area contributed by atoms with Crippen molar-refractivity contribution >= 4 is 34.1 Å². The van der Waals surface area contributed by atoms with Crippen molar-refractivity contribution in [1.82, 2.24) is 9.88 Å². The minimum atomic E-state index is -0.377. The van der Waals surface area contributed by atoms with E-state index >= 15 is 0 Å². The maximum atomic E-state index is 13.4. The molecule has 4 rings (SSSR count). The molecule has 2 aromatic carbocycles. The van der Waals surface area contributed by atoms with Gasteiger partial charge in [-0.3, -0.25) is 4.79 Å². The summed E-state index contributed by atoms with van der Waals surface area (Å²) in [6, 6.07) is 14.3. The number of piperazine rings is 1. The molecule has 0 spiro atoms. The fourth-order valence-electron chi connectivity index (χ4n) is 3.43. The number of halogens is 2. The Hall–Kier alpha value is -2.66. The first-order valence-electron chi connectivity index (χ1n) is 8.88. The SMILES string of the molecule is Cc1cccc(N2CCN(C(=O)c3cc4ccc(F)cc4nc3Cl)CC2)c1. The van der Waals surface area contributed by atoms with Crippen LogP contribution in [0.4, 0.5) is 10.1 Å². The molecular weight excluding hydrogens is 365 g/mol. The molecular formula is C21H19ClFN3O. The molecule has 0 unspecified atom stereocenters. The van der Waals surface area contributed by atoms with Gasteiger partial charge in [-0.25, -0.2) is 9.37 Å². The number of nitrogens with zero attached hydrogens (tertiary/aromatic N) is 3. The van der Waals surface area contributed by atoms with Gasteiger partial charge in [-0.2, -0.15) is 0 Å². The highest BCUT2D eigenvalue weighted by Gasteiger charge is 2.24. The highest BCUT2D eigenvalue weighted by Crippen LogP contribution is 2.24. The van der Waals surface area contributed by atoms with Crippen molar-refractivity contribution < 1.29 is 9.18 Å². The van der Waals surface area contributed by atoms with E-state index in [2.05, 4.69) is 35.0 Å². The first-order valence-corrected chi connectivity index (χ1v) is 9.26. The number of anilines is 1. The molecule has 2 heterocycles. The van der Waals surface area contributed by atoms with Crippen molar-refractivity contribution in [2.75, 3.05) is 31.1 Å². The van der Waals surface area contributed by atoms with Crippen molar-refractivity contribution in [3.05, 3.63) is 70.6 Å². The Morgan fingerprint density at radius 1 is 1.07 bits per heavy atom. The van der Waals surface area contributed by atoms with Gasteiger partial charge < -0.3 is 9.80 Å². The standard InChI is InChI=1S/C21H19ClFN3O/c1-14-3-2-4-17(11-14)25-7-9-26(10-8-25)21(27)18-12-15-5-6-16(23)13-19(15)24-20(18)22/h2-6,11-13H,7-10H2,1H3. The number of carbonyl (C=O) groups is 1. The Bertz CT molecular complexity index is 1020. The molecule has 1 aromatic heterocycles. The summed E-state index contributed by atoms with van der Waals surface area (Å²) in [6.07, 6.45) is 0. The summed E-state index contributed by atoms with van der Waals surface area (Å²) in [5.41, 5.74) is 3.20. The van der Waals surface area contributed by atoms with Crippen molar-refractivity contribution in [3.8, 4) is 0 Å². The van der Waals surface area contributed by atoms with Crippen LogP contribution in [0.1, 0.15) is 15.9 Å². The molecule has 6 heteroatoms. The smallest absolute Gasteiger partial charge is 0.257 e. The fourth-order valence-corrected chi connectivity index (χ4v) is 3.66. The number of hydrogen-bond acceptors (Lipinski definition) is 3. The molecule has 138 valence electrons. The summed E-state index contributed by atoms with van der Waals surface area (Å²) in [7, 11) is 0. The van der Waals surface area contributed by atoms with Gasteiger partial charge in [0.05, 0.1) is 11.1 Å². The lowest BCUT2D eigenvalue weighted by Gasteiger charge is -2.36. The van der Waals surface area contributed by atoms with Crippen LogP contribution in [0.3, 0.4) is 0 Å². The number of carbonyl (C=O) groups excluding carboxylic acids is 1. The number of rotatable bonds is 2. The third-order valence-corrected chi connectivity index (χ3v) is 5.19. The lowest BCUT2D eigenvalue weighted by molar-refractivity contribution is 0.0746. The average Bonchev–Trinajstić information content (AvgIpc) is 2.67. The molecule has 1 fully saturated rings. The summed E-state index contributed by atoms with van der Waals surface area (Å²) >= 11 is 6.22. The fraction of sp³-hybridized carbons (Fsp3) is 0.238. The monoisotopic (exact) mass is 383 g/mol. The van der Waals surface area contributed by atoms with E-state index in [0.717, 1.165) is 13.1 Å². The van der Waals surface area contributed by atoms with E-state index in [4.69, 9.17) is 11.6 Å². The Morgan fingerprint density at radius 2 is 1.85 bits per heavy atom. The van der Waals surface area contributed by atoms with Gasteiger partial charge in [0, 0.05) is 43.3 Å². The maximum Gasteiger partial charge on any atom is 0.257 e. The zero-order valence-electron chi connectivity index (χ0n) is 15.0. The molecule has 0 bridgehead atoms. The second-order valence-corrected chi connectivity index (χ2v) is 7.14. The largest absolute Gasteiger partial charge is 0.368 e. The van der Waals surface area contributed by atoms with Crippen LogP contribution < -0.4 is 4.90 Å². The second-order valence-electron chi connectivity index (χ2n) is 6.78. The summed E-state index contributed by atoms with van der Waals surface area (Å²) in [4.78, 5) is 21.2. The predicted molar refractivity (Wildman–Crippen MR) is 106 cm³/mol. The van der Waals surface area contributed by atoms with E-state index in [-0.39, 0.29) is 16.9 Å². The summed E-state index contributed by atoms with van der Waals surface area (Å²) < 4.78 is 13.4. The number of fused-ring (bicyclic) bond motifs is 1. The zero-order valence-corrected chi connectivity index (χ0v) is 15.7. The third-order valence-electron chi connectivity index (χ3n) is 4.90. The number of amides is 1. The van der Waals surface area contributed by atoms with Gasteiger partial charge in [0.15, 0.2) is 0 Å². The number of aromatic nitrogens is 1. The highest BCUT2D eigenvalue weighted by atomic mass is 35.5. The van der Waals surface area contributed by atoms with Crippen LogP contribution in [0.25, 0.3) is 10.9 Å². The van der Waals surface area contributed by atoms with Crippen LogP contribution in [0.5, 0.6) is 0 Å². The molecule has 1 saturated heterocycles. The molecule has 4 nitrogen and oxygen atoms in total. The lowest BCUT2D eigenvalue weighted by Crippen LogP contribution is -2.48. The van der Waals surface area contributed by atoms with Gasteiger partial charge in [-0.05, 0) is 42.8 Å². The Kier molecular flexibility index (Phi) is 4.70. The van der Waals surface area contributed by atoms with Gasteiger partial charge in [-0.15, -0.1) is 0 Å². The molecule has 0 saturated carbocycles. The minimum Gasteiger partial charge on any atom is -0.368 e. The summed E-state index contributed by atoms with van der Waals surface area (Å²) in [5.74, 6) is -0.514. The first kappa shape index (κ1) is 17.7. The van der Waals surface area contributed by atoms with Gasteiger partial charge in [-0.1, -0.05) is 23.7 Å². The molecule has 1 aliphatic heterocycles. The predicted octanol–water partition coefficient (Wildman–Crippen LogP) is 4.30. The van der Waals surface area contributed by atoms with Crippen molar-refractivity contribution in [1.29, 1.82) is 0 Å². The quantitative estimate of drug-likeness (QED) is 0.619. The summed E-state index contributed by atoms with van der Waals surface area (Å²) in [6.45, 7) is 4.83. The van der Waals surface area contributed by atoms with Gasteiger partial charge in [0.1, 0.15) is 11.0 Å². The van der Waals surface area contributed by atoms with E-state index in [9.17, 15) is 9.18 Å². The molecule has 0 N–H and O–H groups in total. The zero-order chi connectivity index (χ0) is 19.0. The molecule has 27 heavy (non-hydrogen) atoms. The molecule has 0 aliphatic carbocycles.